The van der Waals surface area contributed by atoms with Gasteiger partial charge in [-0.25, -0.2) is 9.37 Å². The normalized spacial score (nSPS) is 15.0. The van der Waals surface area contributed by atoms with Gasteiger partial charge in [-0.2, -0.15) is 4.52 Å². The van der Waals surface area contributed by atoms with Gasteiger partial charge in [0.2, 0.25) is 10.1 Å². The van der Waals surface area contributed by atoms with Crippen molar-refractivity contribution in [3.63, 3.8) is 0 Å². The summed E-state index contributed by atoms with van der Waals surface area (Å²) >= 11 is 1.39. The smallest absolute Gasteiger partial charge is 0.275 e. The van der Waals surface area contributed by atoms with E-state index < -0.39 is 0 Å². The van der Waals surface area contributed by atoms with Crippen LogP contribution in [0.5, 0.6) is 5.75 Å². The molecule has 0 saturated carbocycles. The van der Waals surface area contributed by atoms with Crippen molar-refractivity contribution in [1.29, 1.82) is 0 Å². The maximum atomic E-state index is 13.9. The molecule has 1 aliphatic heterocycles. The fraction of sp³-hybridized carbons (Fsp3) is 0.312. The Morgan fingerprint density at radius 2 is 1.92 bits per heavy atom. The van der Waals surface area contributed by atoms with Crippen LogP contribution >= 0.6 is 11.3 Å². The monoisotopic (exact) mass is 361 g/mol. The van der Waals surface area contributed by atoms with Gasteiger partial charge in [-0.15, -0.1) is 5.10 Å². The van der Waals surface area contributed by atoms with Crippen LogP contribution in [-0.2, 0) is 0 Å². The Kier molecular flexibility index (Phi) is 4.00. The number of aromatic nitrogens is 3. The number of hydrogen-bond acceptors (Lipinski definition) is 7. The molecule has 1 aromatic carbocycles. The van der Waals surface area contributed by atoms with Crippen LogP contribution in [0.3, 0.4) is 0 Å². The number of piperazine rings is 1. The van der Waals surface area contributed by atoms with E-state index in [1.807, 2.05) is 6.07 Å². The van der Waals surface area contributed by atoms with Gasteiger partial charge in [0.1, 0.15) is 0 Å². The summed E-state index contributed by atoms with van der Waals surface area (Å²) in [6, 6.07) is 6.39. The van der Waals surface area contributed by atoms with Crippen molar-refractivity contribution in [3.05, 3.63) is 46.6 Å². The molecular formula is C16H16FN5O2S. The average Bonchev–Trinajstić information content (AvgIpc) is 3.07. The summed E-state index contributed by atoms with van der Waals surface area (Å²) in [6.07, 6.45) is 1.50. The summed E-state index contributed by atoms with van der Waals surface area (Å²) in [6.45, 7) is 2.96. The molecule has 1 saturated heterocycles. The van der Waals surface area contributed by atoms with Crippen molar-refractivity contribution >= 4 is 27.1 Å². The van der Waals surface area contributed by atoms with Gasteiger partial charge in [0, 0.05) is 50.2 Å². The Morgan fingerprint density at radius 1 is 1.16 bits per heavy atom. The highest BCUT2D eigenvalue weighted by atomic mass is 32.1. The van der Waals surface area contributed by atoms with E-state index in [1.54, 1.807) is 6.07 Å². The van der Waals surface area contributed by atoms with E-state index in [4.69, 9.17) is 4.74 Å². The van der Waals surface area contributed by atoms with E-state index in [1.165, 1.54) is 41.3 Å². The van der Waals surface area contributed by atoms with Crippen LogP contribution in [0.15, 0.2) is 35.3 Å². The predicted octanol–water partition coefficient (Wildman–Crippen LogP) is 1.63. The van der Waals surface area contributed by atoms with E-state index in [9.17, 15) is 9.18 Å². The molecule has 130 valence electrons. The minimum Gasteiger partial charge on any atom is -0.494 e. The van der Waals surface area contributed by atoms with Crippen LogP contribution < -0.4 is 20.1 Å². The highest BCUT2D eigenvalue weighted by Gasteiger charge is 2.21. The molecule has 0 atom stereocenters. The number of nitrogens with zero attached hydrogens (tertiary/aromatic N) is 5. The molecule has 0 aliphatic carbocycles. The Labute approximate surface area is 146 Å². The van der Waals surface area contributed by atoms with Gasteiger partial charge in [-0.3, -0.25) is 4.79 Å². The first kappa shape index (κ1) is 15.8. The van der Waals surface area contributed by atoms with Crippen molar-refractivity contribution in [2.75, 3.05) is 43.1 Å². The molecule has 0 amide bonds. The first-order valence-electron chi connectivity index (χ1n) is 7.84. The third-order valence-corrected chi connectivity index (χ3v) is 5.19. The molecule has 1 fully saturated rings. The van der Waals surface area contributed by atoms with Gasteiger partial charge in [0.25, 0.3) is 5.56 Å². The lowest BCUT2D eigenvalue weighted by atomic mass is 10.2. The first-order chi connectivity index (χ1) is 12.2. The predicted molar refractivity (Wildman–Crippen MR) is 94.5 cm³/mol. The van der Waals surface area contributed by atoms with Crippen LogP contribution in [0.1, 0.15) is 0 Å². The molecule has 0 radical (unpaired) electrons. The minimum atomic E-state index is -0.362. The molecule has 9 heteroatoms. The van der Waals surface area contributed by atoms with Crippen LogP contribution in [0.25, 0.3) is 4.96 Å². The van der Waals surface area contributed by atoms with Gasteiger partial charge in [-0.1, -0.05) is 11.3 Å². The van der Waals surface area contributed by atoms with E-state index >= 15 is 0 Å². The van der Waals surface area contributed by atoms with Gasteiger partial charge in [0.05, 0.1) is 7.11 Å². The lowest BCUT2D eigenvalue weighted by Crippen LogP contribution is -2.46. The molecule has 0 bridgehead atoms. The number of rotatable bonds is 3. The van der Waals surface area contributed by atoms with Crippen LogP contribution in [0, 0.1) is 5.82 Å². The molecule has 3 heterocycles. The summed E-state index contributed by atoms with van der Waals surface area (Å²) in [4.78, 5) is 20.8. The zero-order valence-corrected chi connectivity index (χ0v) is 14.4. The third kappa shape index (κ3) is 2.91. The third-order valence-electron chi connectivity index (χ3n) is 4.21. The SMILES string of the molecule is COc1ccc(N2CCN(c3nn4c(=O)ccnc4s3)CC2)cc1F. The van der Waals surface area contributed by atoms with Crippen molar-refractivity contribution in [3.8, 4) is 5.75 Å². The number of ether oxygens (including phenoxy) is 1. The standard InChI is InChI=1S/C16H16FN5O2S/c1-24-13-3-2-11(10-12(13)17)20-6-8-21(9-7-20)16-19-22-14(23)4-5-18-15(22)25-16/h2-5,10H,6-9H2,1H3. The molecule has 0 spiro atoms. The lowest BCUT2D eigenvalue weighted by molar-refractivity contribution is 0.386. The van der Waals surface area contributed by atoms with Crippen molar-refractivity contribution in [1.82, 2.24) is 14.6 Å². The minimum absolute atomic E-state index is 0.181. The van der Waals surface area contributed by atoms with E-state index in [2.05, 4.69) is 19.9 Å². The topological polar surface area (TPSA) is 63.0 Å². The zero-order valence-electron chi connectivity index (χ0n) is 13.6. The van der Waals surface area contributed by atoms with Gasteiger partial charge >= 0.3 is 0 Å². The lowest BCUT2D eigenvalue weighted by Gasteiger charge is -2.35. The molecule has 2 aromatic heterocycles. The summed E-state index contributed by atoms with van der Waals surface area (Å²) in [5.74, 6) is -0.117. The summed E-state index contributed by atoms with van der Waals surface area (Å²) in [7, 11) is 1.45. The Hall–Kier alpha value is -2.68. The van der Waals surface area contributed by atoms with Gasteiger partial charge in [-0.05, 0) is 12.1 Å². The Bertz CT molecular complexity index is 965. The van der Waals surface area contributed by atoms with Crippen LogP contribution in [-0.4, -0.2) is 47.9 Å². The summed E-state index contributed by atoms with van der Waals surface area (Å²) < 4.78 is 20.2. The highest BCUT2D eigenvalue weighted by Crippen LogP contribution is 2.26. The number of hydrogen-bond donors (Lipinski definition) is 0. The maximum Gasteiger partial charge on any atom is 0.275 e. The number of methoxy groups -OCH3 is 1. The Morgan fingerprint density at radius 3 is 2.60 bits per heavy atom. The molecule has 0 unspecified atom stereocenters. The number of benzene rings is 1. The molecule has 3 aromatic rings. The van der Waals surface area contributed by atoms with Crippen LogP contribution in [0.4, 0.5) is 15.2 Å². The Balaban J connectivity index is 1.50. The van der Waals surface area contributed by atoms with Gasteiger partial charge < -0.3 is 14.5 Å². The molecule has 4 rings (SSSR count). The zero-order chi connectivity index (χ0) is 17.4. The second kappa shape index (κ2) is 6.32. The molecule has 0 N–H and O–H groups in total. The number of halogens is 1. The maximum absolute atomic E-state index is 13.9. The molecule has 7 nitrogen and oxygen atoms in total. The first-order valence-corrected chi connectivity index (χ1v) is 8.66. The van der Waals surface area contributed by atoms with Crippen LogP contribution in [0.2, 0.25) is 0 Å². The van der Waals surface area contributed by atoms with E-state index in [-0.39, 0.29) is 17.1 Å². The average molecular weight is 361 g/mol. The fourth-order valence-electron chi connectivity index (χ4n) is 2.87. The van der Waals surface area contributed by atoms with E-state index in [0.29, 0.717) is 4.96 Å². The molecular weight excluding hydrogens is 345 g/mol. The molecule has 1 aliphatic rings. The fourth-order valence-corrected chi connectivity index (χ4v) is 3.80. The summed E-state index contributed by atoms with van der Waals surface area (Å²) in [5.41, 5.74) is 0.653. The second-order valence-corrected chi connectivity index (χ2v) is 6.59. The van der Waals surface area contributed by atoms with Gasteiger partial charge in [0.15, 0.2) is 11.6 Å². The highest BCUT2D eigenvalue weighted by molar-refractivity contribution is 7.20. The number of anilines is 2. The quantitative estimate of drug-likeness (QED) is 0.707. The molecule has 25 heavy (non-hydrogen) atoms. The van der Waals surface area contributed by atoms with Crippen molar-refractivity contribution in [2.45, 2.75) is 0 Å². The number of fused-ring (bicyclic) bond motifs is 1. The van der Waals surface area contributed by atoms with E-state index in [0.717, 1.165) is 37.0 Å². The summed E-state index contributed by atoms with van der Waals surface area (Å²) in [5, 5.41) is 5.14. The largest absolute Gasteiger partial charge is 0.494 e. The van der Waals surface area contributed by atoms with Crippen molar-refractivity contribution in [2.24, 2.45) is 0 Å². The second-order valence-electron chi connectivity index (χ2n) is 5.66. The van der Waals surface area contributed by atoms with Crippen molar-refractivity contribution < 1.29 is 9.13 Å².